The molecule has 0 saturated heterocycles. The van der Waals surface area contributed by atoms with Crippen LogP contribution in [0, 0.1) is 0 Å². The predicted molar refractivity (Wildman–Crippen MR) is 121 cm³/mol. The molecular formula is C24H24ClNO2S. The van der Waals surface area contributed by atoms with Gasteiger partial charge in [-0.25, -0.2) is 0 Å². The first-order chi connectivity index (χ1) is 14.1. The molecule has 2 N–H and O–H groups in total. The summed E-state index contributed by atoms with van der Waals surface area (Å²) in [5, 5.41) is 0.519. The van der Waals surface area contributed by atoms with Crippen molar-refractivity contribution in [3.63, 3.8) is 0 Å². The van der Waals surface area contributed by atoms with Crippen LogP contribution in [0.5, 0.6) is 0 Å². The lowest BCUT2D eigenvalue weighted by atomic mass is 9.80. The van der Waals surface area contributed by atoms with Gasteiger partial charge < -0.3 is 10.5 Å². The molecule has 5 heteroatoms. The van der Waals surface area contributed by atoms with Gasteiger partial charge in [0.15, 0.2) is 5.60 Å². The Kier molecular flexibility index (Phi) is 7.37. The number of halogens is 1. The van der Waals surface area contributed by atoms with Gasteiger partial charge in [-0.3, -0.25) is 4.79 Å². The Balaban J connectivity index is 2.21. The maximum absolute atomic E-state index is 13.1. The molecule has 0 unspecified atom stereocenters. The molecule has 0 spiro atoms. The second-order valence-corrected chi connectivity index (χ2v) is 8.09. The van der Waals surface area contributed by atoms with Crippen molar-refractivity contribution < 1.29 is 9.53 Å². The quantitative estimate of drug-likeness (QED) is 0.395. The number of carbonyl (C=O) groups is 1. The molecule has 0 aliphatic carbocycles. The lowest BCUT2D eigenvalue weighted by Gasteiger charge is -2.36. The fourth-order valence-corrected chi connectivity index (χ4v) is 4.09. The third kappa shape index (κ3) is 4.67. The number of ether oxygens (including phenoxy) is 1. The molecule has 29 heavy (non-hydrogen) atoms. The number of hydrogen-bond acceptors (Lipinski definition) is 4. The zero-order chi connectivity index (χ0) is 20.7. The van der Waals surface area contributed by atoms with Gasteiger partial charge in [-0.2, -0.15) is 11.8 Å². The lowest BCUT2D eigenvalue weighted by Crippen LogP contribution is -2.42. The monoisotopic (exact) mass is 425 g/mol. The first-order valence-electron chi connectivity index (χ1n) is 9.43. The van der Waals surface area contributed by atoms with E-state index < -0.39 is 17.6 Å². The molecule has 3 aromatic carbocycles. The van der Waals surface area contributed by atoms with Gasteiger partial charge in [0.1, 0.15) is 6.04 Å². The Morgan fingerprint density at radius 2 is 1.48 bits per heavy atom. The molecule has 3 rings (SSSR count). The van der Waals surface area contributed by atoms with Gasteiger partial charge >= 0.3 is 5.97 Å². The highest BCUT2D eigenvalue weighted by molar-refractivity contribution is 7.98. The third-order valence-corrected chi connectivity index (χ3v) is 5.78. The molecular weight excluding hydrogens is 402 g/mol. The number of rotatable bonds is 8. The van der Waals surface area contributed by atoms with E-state index >= 15 is 0 Å². The van der Waals surface area contributed by atoms with Gasteiger partial charge in [0.2, 0.25) is 0 Å². The summed E-state index contributed by atoms with van der Waals surface area (Å²) in [6.07, 6.45) is 2.53. The van der Waals surface area contributed by atoms with Gasteiger partial charge in [0, 0.05) is 21.7 Å². The van der Waals surface area contributed by atoms with Crippen molar-refractivity contribution >= 4 is 29.3 Å². The van der Waals surface area contributed by atoms with Gasteiger partial charge in [-0.05, 0) is 24.5 Å². The molecule has 0 aliphatic heterocycles. The van der Waals surface area contributed by atoms with E-state index in [-0.39, 0.29) is 0 Å². The molecule has 150 valence electrons. The van der Waals surface area contributed by atoms with Crippen LogP contribution in [0.15, 0.2) is 84.9 Å². The topological polar surface area (TPSA) is 52.3 Å². The normalized spacial score (nSPS) is 12.4. The van der Waals surface area contributed by atoms with E-state index in [1.165, 1.54) is 0 Å². The maximum Gasteiger partial charge on any atom is 0.324 e. The van der Waals surface area contributed by atoms with Crippen LogP contribution in [0.25, 0.3) is 0 Å². The van der Waals surface area contributed by atoms with E-state index in [2.05, 4.69) is 0 Å². The molecule has 0 fully saturated rings. The van der Waals surface area contributed by atoms with Gasteiger partial charge in [0.25, 0.3) is 0 Å². The molecule has 1 atom stereocenters. The molecule has 0 aromatic heterocycles. The molecule has 0 aliphatic rings. The van der Waals surface area contributed by atoms with E-state index in [0.717, 1.165) is 16.9 Å². The minimum atomic E-state index is -1.20. The molecule has 0 bridgehead atoms. The number of esters is 1. The van der Waals surface area contributed by atoms with Gasteiger partial charge in [-0.15, -0.1) is 0 Å². The number of hydrogen-bond donors (Lipinski definition) is 1. The van der Waals surface area contributed by atoms with Crippen molar-refractivity contribution in [3.8, 4) is 0 Å². The van der Waals surface area contributed by atoms with Crippen molar-refractivity contribution in [3.05, 3.63) is 107 Å². The van der Waals surface area contributed by atoms with Crippen LogP contribution in [-0.2, 0) is 15.1 Å². The summed E-state index contributed by atoms with van der Waals surface area (Å²) in [6.45, 7) is 0. The SMILES string of the molecule is CSCC[C@H](N)C(=O)OC(c1ccccc1)(c1ccccc1)c1ccccc1Cl. The highest BCUT2D eigenvalue weighted by atomic mass is 35.5. The van der Waals surface area contributed by atoms with Crippen molar-refractivity contribution in [2.75, 3.05) is 12.0 Å². The summed E-state index contributed by atoms with van der Waals surface area (Å²) < 4.78 is 6.28. The van der Waals surface area contributed by atoms with Crippen molar-refractivity contribution in [1.82, 2.24) is 0 Å². The van der Waals surface area contributed by atoms with E-state index in [1.807, 2.05) is 85.1 Å². The summed E-state index contributed by atoms with van der Waals surface area (Å²) in [6, 6.07) is 26.0. The Morgan fingerprint density at radius 3 is 2.00 bits per heavy atom. The summed E-state index contributed by atoms with van der Waals surface area (Å²) >= 11 is 8.28. The average molecular weight is 426 g/mol. The van der Waals surface area contributed by atoms with Gasteiger partial charge in [-0.1, -0.05) is 90.5 Å². The van der Waals surface area contributed by atoms with Crippen LogP contribution in [0.1, 0.15) is 23.1 Å². The second kappa shape index (κ2) is 9.97. The maximum atomic E-state index is 13.1. The summed E-state index contributed by atoms with van der Waals surface area (Å²) in [4.78, 5) is 13.1. The minimum absolute atomic E-state index is 0.452. The predicted octanol–water partition coefficient (Wildman–Crippen LogP) is 5.26. The minimum Gasteiger partial charge on any atom is -0.443 e. The van der Waals surface area contributed by atoms with Crippen molar-refractivity contribution in [2.24, 2.45) is 5.73 Å². The van der Waals surface area contributed by atoms with E-state index in [4.69, 9.17) is 22.1 Å². The lowest BCUT2D eigenvalue weighted by molar-refractivity contribution is -0.155. The fraction of sp³-hybridized carbons (Fsp3) is 0.208. The molecule has 0 amide bonds. The van der Waals surface area contributed by atoms with Crippen LogP contribution >= 0.6 is 23.4 Å². The molecule has 0 saturated carbocycles. The Morgan fingerprint density at radius 1 is 0.966 bits per heavy atom. The van der Waals surface area contributed by atoms with Crippen molar-refractivity contribution in [1.29, 1.82) is 0 Å². The van der Waals surface area contributed by atoms with Crippen LogP contribution < -0.4 is 5.73 Å². The molecule has 0 radical (unpaired) electrons. The smallest absolute Gasteiger partial charge is 0.324 e. The van der Waals surface area contributed by atoms with Gasteiger partial charge in [0.05, 0.1) is 0 Å². The highest BCUT2D eigenvalue weighted by Crippen LogP contribution is 2.43. The second-order valence-electron chi connectivity index (χ2n) is 6.70. The van der Waals surface area contributed by atoms with Crippen molar-refractivity contribution in [2.45, 2.75) is 18.1 Å². The van der Waals surface area contributed by atoms with E-state index in [1.54, 1.807) is 17.8 Å². The van der Waals surface area contributed by atoms with Crippen LogP contribution in [0.4, 0.5) is 0 Å². The Labute approximate surface area is 181 Å². The summed E-state index contributed by atoms with van der Waals surface area (Å²) in [5.41, 5.74) is 7.28. The number of benzene rings is 3. The first-order valence-corrected chi connectivity index (χ1v) is 11.2. The van der Waals surface area contributed by atoms with Crippen LogP contribution in [0.2, 0.25) is 5.02 Å². The summed E-state index contributed by atoms with van der Waals surface area (Å²) in [5.74, 6) is 0.332. The zero-order valence-electron chi connectivity index (χ0n) is 16.3. The van der Waals surface area contributed by atoms with Crippen LogP contribution in [-0.4, -0.2) is 24.0 Å². The standard InChI is InChI=1S/C24H24ClNO2S/c1-29-17-16-22(26)23(27)28-24(18-10-4-2-5-11-18,19-12-6-3-7-13-19)20-14-8-9-15-21(20)25/h2-15,22H,16-17,26H2,1H3/t22-/m0/s1. The number of nitrogens with two attached hydrogens (primary N) is 1. The van der Waals surface area contributed by atoms with E-state index in [9.17, 15) is 4.79 Å². The first kappa shape index (κ1) is 21.4. The molecule has 3 aromatic rings. The largest absolute Gasteiger partial charge is 0.443 e. The van der Waals surface area contributed by atoms with E-state index in [0.29, 0.717) is 17.0 Å². The third-order valence-electron chi connectivity index (χ3n) is 4.80. The Bertz CT molecular complexity index is 894. The number of carbonyl (C=O) groups excluding carboxylic acids is 1. The fourth-order valence-electron chi connectivity index (χ4n) is 3.33. The molecule has 0 heterocycles. The average Bonchev–Trinajstić information content (AvgIpc) is 2.77. The Hall–Kier alpha value is -2.27. The highest BCUT2D eigenvalue weighted by Gasteiger charge is 2.42. The van der Waals surface area contributed by atoms with Crippen LogP contribution in [0.3, 0.4) is 0 Å². The molecule has 3 nitrogen and oxygen atoms in total. The number of thioether (sulfide) groups is 1. The zero-order valence-corrected chi connectivity index (χ0v) is 17.8. The summed E-state index contributed by atoms with van der Waals surface area (Å²) in [7, 11) is 0.